The number of aliphatic hydroxyl groups excluding tert-OH is 1. The van der Waals surface area contributed by atoms with Crippen molar-refractivity contribution in [2.24, 2.45) is 35.5 Å². The minimum atomic E-state index is -1.66. The summed E-state index contributed by atoms with van der Waals surface area (Å²) in [5.41, 5.74) is -1.59. The molecule has 2 saturated heterocycles. The van der Waals surface area contributed by atoms with Gasteiger partial charge >= 0.3 is 0 Å². The smallest absolute Gasteiger partial charge is 0.256 e. The van der Waals surface area contributed by atoms with E-state index in [4.69, 9.17) is 4.74 Å². The minimum absolute atomic E-state index is 0.0368. The maximum atomic E-state index is 15.5. The van der Waals surface area contributed by atoms with Crippen LogP contribution in [0.25, 0.3) is 0 Å². The summed E-state index contributed by atoms with van der Waals surface area (Å²) in [6.45, 7) is 32.6. The molecule has 0 aliphatic carbocycles. The van der Waals surface area contributed by atoms with Gasteiger partial charge in [-0.1, -0.05) is 102 Å². The third-order valence-corrected chi connectivity index (χ3v) is 20.0. The van der Waals surface area contributed by atoms with Gasteiger partial charge in [-0.2, -0.15) is 0 Å². The Morgan fingerprint density at radius 3 is 1.55 bits per heavy atom. The molecule has 11 amide bonds. The molecule has 2 aliphatic heterocycles. The third kappa shape index (κ3) is 25.9. The summed E-state index contributed by atoms with van der Waals surface area (Å²) in [5, 5.41) is 33.7. The summed E-state index contributed by atoms with van der Waals surface area (Å²) in [7, 11) is 9.93. The largest absolute Gasteiger partial charge is 0.390 e. The zero-order chi connectivity index (χ0) is 75.1. The quantitative estimate of drug-likeness (QED) is 0.0661. The van der Waals surface area contributed by atoms with Crippen LogP contribution in [-0.4, -0.2) is 280 Å². The number of ether oxygens (including phenoxy) is 1. The summed E-state index contributed by atoms with van der Waals surface area (Å²) >= 11 is 1.15. The highest BCUT2D eigenvalue weighted by atomic mass is 32.2. The van der Waals surface area contributed by atoms with E-state index >= 15 is 33.6 Å². The highest BCUT2D eigenvalue weighted by molar-refractivity contribution is 8.00. The average molecular weight is 1410 g/mol. The number of hydrogen-bond acceptors (Lipinski definition) is 16. The van der Waals surface area contributed by atoms with Gasteiger partial charge in [0.25, 0.3) is 5.91 Å². The molecule has 2 heterocycles. The van der Waals surface area contributed by atoms with E-state index in [0.717, 1.165) is 21.6 Å². The van der Waals surface area contributed by atoms with Crippen molar-refractivity contribution < 1.29 is 67.7 Å². The molecular weight excluding hydrogens is 1280 g/mol. The number of nitrogens with one attached hydrogen (secondary N) is 4. The second-order valence-electron chi connectivity index (χ2n) is 29.9. The Hall–Kier alpha value is -5.90. The second kappa shape index (κ2) is 41.1. The number of aliphatic hydroxyl groups is 2. The van der Waals surface area contributed by atoms with E-state index in [9.17, 15) is 29.4 Å². The van der Waals surface area contributed by atoms with Gasteiger partial charge in [-0.15, -0.1) is 11.8 Å². The van der Waals surface area contributed by atoms with Gasteiger partial charge in [-0.05, 0) is 127 Å². The lowest BCUT2D eigenvalue weighted by Crippen LogP contribution is -2.64. The van der Waals surface area contributed by atoms with Crippen molar-refractivity contribution in [2.45, 2.75) is 253 Å². The molecule has 2 rings (SSSR count). The van der Waals surface area contributed by atoms with Crippen molar-refractivity contribution in [3.63, 3.8) is 0 Å². The number of carbonyl (C=O) groups excluding carboxylic acids is 11. The topological polar surface area (TPSA) is 312 Å². The monoisotopic (exact) mass is 1400 g/mol. The molecule has 27 heteroatoms. The van der Waals surface area contributed by atoms with E-state index < -0.39 is 160 Å². The van der Waals surface area contributed by atoms with Crippen molar-refractivity contribution in [1.82, 2.24) is 60.5 Å². The Morgan fingerprint density at radius 2 is 1.05 bits per heavy atom. The number of likely N-dealkylation sites (N-methyl/N-ethyl adjacent to an activating group) is 7. The molecule has 0 aromatic heterocycles. The van der Waals surface area contributed by atoms with Crippen LogP contribution in [0.15, 0.2) is 12.2 Å². The van der Waals surface area contributed by atoms with Gasteiger partial charge in [-0.25, -0.2) is 0 Å². The standard InChI is InChI=1S/C71H128N12O14S/c1-25-27-30-47(13)58(84)57-62(88)74-50(29-26-2)64(90)82(24)70(98-38-28-33-83-34-36-97-37-35-83)69(95)79(21)54(41-71(16,17)96)61(87)75-55(45(9)10)67(93)76(18)51(32-31-42(3)4)60(86)72-48(14)59(85)73-49(15)63(89)77(19)52(39-43(5)6)65(91)78(20)53(40-44(7)8)66(92)80(22)56(46(11)12)68(94)81(57)23/h25,27,42-58,70,84,96H,26,28-41H2,1-24H3,(H,72,86)(H,73,85)(H,74,88)(H,75,87)/b27-25+/t47-,48-,49+,50-,51-,52+,53-,54+,55-,56-,57+,58-,70-/m1/s1. The SMILES string of the molecule is C/C=C/C[C@@H](C)[C@@H](O)[C@H]1C(=O)N[C@H](CCC)C(=O)N(C)[C@H](SCCCN2CCOCC2)C(=O)N(C)[C@@H](CC(C)(C)O)C(=O)N[C@H](C(C)C)C(=O)N(C)[C@H](CCC(C)C)C(=O)N[C@H](C)C(=O)N[C@@H](C)C(=O)N(C)[C@@H](CC(C)C)C(=O)N(C)[C@H](CC(C)C)C(=O)N(C)[C@H](C(C)C)C(=O)N1C. The van der Waals surface area contributed by atoms with Crippen molar-refractivity contribution in [3.05, 3.63) is 12.2 Å². The number of carbonyl (C=O) groups is 11. The fraction of sp³-hybridized carbons (Fsp3) is 0.817. The molecule has 2 aliphatic rings. The van der Waals surface area contributed by atoms with Crippen molar-refractivity contribution in [2.75, 3.05) is 87.9 Å². The lowest BCUT2D eigenvalue weighted by molar-refractivity contribution is -0.157. The molecule has 26 nitrogen and oxygen atoms in total. The van der Waals surface area contributed by atoms with Crippen molar-refractivity contribution >= 4 is 76.7 Å². The Labute approximate surface area is 590 Å². The number of allylic oxidation sites excluding steroid dienone is 2. The second-order valence-corrected chi connectivity index (χ2v) is 31.1. The summed E-state index contributed by atoms with van der Waals surface area (Å²) < 4.78 is 5.56. The third-order valence-electron chi connectivity index (χ3n) is 18.7. The van der Waals surface area contributed by atoms with Crippen molar-refractivity contribution in [3.8, 4) is 0 Å². The van der Waals surface area contributed by atoms with Crippen LogP contribution in [-0.2, 0) is 57.5 Å². The zero-order valence-electron chi connectivity index (χ0n) is 63.9. The fourth-order valence-electron chi connectivity index (χ4n) is 12.5. The molecule has 2 fully saturated rings. The van der Waals surface area contributed by atoms with Gasteiger partial charge in [0.15, 0.2) is 5.37 Å². The van der Waals surface area contributed by atoms with Crippen LogP contribution >= 0.6 is 11.8 Å². The summed E-state index contributed by atoms with van der Waals surface area (Å²) in [5.74, 6) is -9.68. The van der Waals surface area contributed by atoms with Gasteiger partial charge in [-0.3, -0.25) is 57.6 Å². The normalized spacial score (nSPS) is 26.9. The van der Waals surface area contributed by atoms with Crippen LogP contribution < -0.4 is 21.3 Å². The van der Waals surface area contributed by atoms with E-state index in [1.807, 2.05) is 47.6 Å². The van der Waals surface area contributed by atoms with Crippen LogP contribution in [0.1, 0.15) is 175 Å². The van der Waals surface area contributed by atoms with Gasteiger partial charge in [0, 0.05) is 68.8 Å². The van der Waals surface area contributed by atoms with Crippen molar-refractivity contribution in [1.29, 1.82) is 0 Å². The molecule has 0 unspecified atom stereocenters. The first-order chi connectivity index (χ1) is 45.5. The van der Waals surface area contributed by atoms with E-state index in [1.54, 1.807) is 54.5 Å². The molecule has 0 saturated carbocycles. The van der Waals surface area contributed by atoms with Gasteiger partial charge in [0.2, 0.25) is 59.1 Å². The molecule has 0 spiro atoms. The number of rotatable bonds is 22. The molecule has 562 valence electrons. The van der Waals surface area contributed by atoms with Crippen LogP contribution in [0.5, 0.6) is 0 Å². The number of hydrogen-bond donors (Lipinski definition) is 6. The Kier molecular flexibility index (Phi) is 37.0. The summed E-state index contributed by atoms with van der Waals surface area (Å²) in [4.78, 5) is 176. The number of amides is 11. The maximum absolute atomic E-state index is 15.5. The highest BCUT2D eigenvalue weighted by Crippen LogP contribution is 2.28. The van der Waals surface area contributed by atoms with E-state index in [2.05, 4.69) is 26.2 Å². The first-order valence-corrected chi connectivity index (χ1v) is 36.6. The minimum Gasteiger partial charge on any atom is -0.390 e. The number of thioether (sulfide) groups is 1. The molecular formula is C71H128N12O14S. The first-order valence-electron chi connectivity index (χ1n) is 35.5. The molecule has 6 N–H and O–H groups in total. The predicted octanol–water partition coefficient (Wildman–Crippen LogP) is 3.95. The molecule has 0 radical (unpaired) electrons. The molecule has 98 heavy (non-hydrogen) atoms. The van der Waals surface area contributed by atoms with Crippen LogP contribution in [0, 0.1) is 35.5 Å². The average Bonchev–Trinajstić information content (AvgIpc) is 0.811. The van der Waals surface area contributed by atoms with Crippen LogP contribution in [0.2, 0.25) is 0 Å². The zero-order valence-corrected chi connectivity index (χ0v) is 64.7. The van der Waals surface area contributed by atoms with E-state index in [1.165, 1.54) is 102 Å². The lowest BCUT2D eigenvalue weighted by atomic mass is 9.91. The Bertz CT molecular complexity index is 2670. The molecule has 13 atom stereocenters. The lowest BCUT2D eigenvalue weighted by Gasteiger charge is -2.41. The van der Waals surface area contributed by atoms with E-state index in [-0.39, 0.29) is 56.3 Å². The van der Waals surface area contributed by atoms with E-state index in [0.29, 0.717) is 57.9 Å². The Morgan fingerprint density at radius 1 is 0.551 bits per heavy atom. The van der Waals surface area contributed by atoms with Gasteiger partial charge < -0.3 is 70.5 Å². The van der Waals surface area contributed by atoms with Gasteiger partial charge in [0.1, 0.15) is 60.4 Å². The predicted molar refractivity (Wildman–Crippen MR) is 382 cm³/mol. The molecule has 0 aromatic carbocycles. The summed E-state index contributed by atoms with van der Waals surface area (Å²) in [6.07, 6.45) is 3.83. The molecule has 0 bridgehead atoms. The number of nitrogens with zero attached hydrogens (tertiary/aromatic N) is 8. The summed E-state index contributed by atoms with van der Waals surface area (Å²) in [6, 6.07) is -13.1. The Balaban J connectivity index is 3.16. The number of morpholine rings is 1. The van der Waals surface area contributed by atoms with Crippen LogP contribution in [0.4, 0.5) is 0 Å². The first kappa shape index (κ1) is 88.2. The van der Waals surface area contributed by atoms with Crippen LogP contribution in [0.3, 0.4) is 0 Å². The highest BCUT2D eigenvalue weighted by Gasteiger charge is 2.47. The van der Waals surface area contributed by atoms with Gasteiger partial charge in [0.05, 0.1) is 24.9 Å². The fourth-order valence-corrected chi connectivity index (χ4v) is 13.7. The maximum Gasteiger partial charge on any atom is 0.256 e. The molecule has 0 aromatic rings.